The highest BCUT2D eigenvalue weighted by atomic mass is 79.9. The van der Waals surface area contributed by atoms with Crippen LogP contribution >= 0.6 is 15.9 Å². The number of halogens is 1. The minimum atomic E-state index is -1.03. The minimum Gasteiger partial charge on any atom is -0.507 e. The van der Waals surface area contributed by atoms with Crippen molar-refractivity contribution in [3.8, 4) is 5.75 Å². The van der Waals surface area contributed by atoms with Crippen molar-refractivity contribution in [1.29, 1.82) is 0 Å². The molecule has 0 fully saturated rings. The van der Waals surface area contributed by atoms with Crippen LogP contribution in [0.4, 0.5) is 0 Å². The van der Waals surface area contributed by atoms with Crippen LogP contribution in [0.3, 0.4) is 0 Å². The van der Waals surface area contributed by atoms with Gasteiger partial charge in [0.05, 0.1) is 4.47 Å². The van der Waals surface area contributed by atoms with E-state index in [1.165, 1.54) is 0 Å². The van der Waals surface area contributed by atoms with Gasteiger partial charge in [0.25, 0.3) is 0 Å². The third kappa shape index (κ3) is 2.54. The molecule has 1 unspecified atom stereocenters. The summed E-state index contributed by atoms with van der Waals surface area (Å²) >= 11 is 3.25. The Morgan fingerprint density at radius 1 is 1.56 bits per heavy atom. The number of benzene rings is 1. The summed E-state index contributed by atoms with van der Waals surface area (Å²) in [6.07, 6.45) is 0.256. The first kappa shape index (κ1) is 13.0. The van der Waals surface area contributed by atoms with Gasteiger partial charge in [-0.15, -0.1) is 0 Å². The van der Waals surface area contributed by atoms with Crippen molar-refractivity contribution in [2.24, 2.45) is 5.73 Å². The molecule has 0 saturated heterocycles. The van der Waals surface area contributed by atoms with E-state index in [9.17, 15) is 9.90 Å². The SMILES string of the molecule is Cc1cc(O)c(Br)c(C)c1CC(N)C(=O)O. The van der Waals surface area contributed by atoms with Gasteiger partial charge in [0.15, 0.2) is 0 Å². The Bertz CT molecular complexity index is 432. The predicted octanol–water partition coefficient (Wildman–Crippen LogP) is 1.73. The van der Waals surface area contributed by atoms with Crippen LogP contribution in [0.5, 0.6) is 5.75 Å². The Morgan fingerprint density at radius 3 is 2.62 bits per heavy atom. The van der Waals surface area contributed by atoms with Crippen LogP contribution in [-0.2, 0) is 11.2 Å². The fourth-order valence-corrected chi connectivity index (χ4v) is 1.95. The lowest BCUT2D eigenvalue weighted by molar-refractivity contribution is -0.138. The summed E-state index contributed by atoms with van der Waals surface area (Å²) in [5, 5.41) is 18.3. The highest BCUT2D eigenvalue weighted by Crippen LogP contribution is 2.32. The van der Waals surface area contributed by atoms with Crippen molar-refractivity contribution in [3.05, 3.63) is 27.2 Å². The first-order chi connectivity index (χ1) is 7.34. The molecule has 1 aromatic carbocycles. The highest BCUT2D eigenvalue weighted by Gasteiger charge is 2.17. The molecule has 0 bridgehead atoms. The van der Waals surface area contributed by atoms with Crippen LogP contribution in [0, 0.1) is 13.8 Å². The van der Waals surface area contributed by atoms with Crippen molar-refractivity contribution in [1.82, 2.24) is 0 Å². The second-order valence-electron chi connectivity index (χ2n) is 3.78. The zero-order valence-electron chi connectivity index (χ0n) is 9.12. The Morgan fingerprint density at radius 2 is 2.12 bits per heavy atom. The number of phenolic OH excluding ortho intramolecular Hbond substituents is 1. The van der Waals surface area contributed by atoms with Gasteiger partial charge in [0.2, 0.25) is 0 Å². The van der Waals surface area contributed by atoms with Crippen LogP contribution in [0.2, 0.25) is 0 Å². The number of aryl methyl sites for hydroxylation is 1. The highest BCUT2D eigenvalue weighted by molar-refractivity contribution is 9.10. The van der Waals surface area contributed by atoms with Crippen molar-refractivity contribution < 1.29 is 15.0 Å². The van der Waals surface area contributed by atoms with Gasteiger partial charge in [0, 0.05) is 0 Å². The summed E-state index contributed by atoms with van der Waals surface area (Å²) in [4.78, 5) is 10.7. The van der Waals surface area contributed by atoms with Crippen LogP contribution in [0.1, 0.15) is 16.7 Å². The lowest BCUT2D eigenvalue weighted by atomic mass is 9.96. The molecule has 0 aliphatic carbocycles. The summed E-state index contributed by atoms with van der Waals surface area (Å²) in [5.41, 5.74) is 8.03. The van der Waals surface area contributed by atoms with Crippen LogP contribution in [0.15, 0.2) is 10.5 Å². The van der Waals surface area contributed by atoms with Gasteiger partial charge in [-0.2, -0.15) is 0 Å². The summed E-state index contributed by atoms with van der Waals surface area (Å²) in [7, 11) is 0. The average molecular weight is 288 g/mol. The van der Waals surface area contributed by atoms with Crippen LogP contribution in [-0.4, -0.2) is 22.2 Å². The maximum absolute atomic E-state index is 10.7. The summed E-state index contributed by atoms with van der Waals surface area (Å²) in [5.74, 6) is -0.870. The average Bonchev–Trinajstić information content (AvgIpc) is 2.20. The first-order valence-electron chi connectivity index (χ1n) is 4.80. The Balaban J connectivity index is 3.14. The molecule has 16 heavy (non-hydrogen) atoms. The second-order valence-corrected chi connectivity index (χ2v) is 4.57. The van der Waals surface area contributed by atoms with E-state index in [-0.39, 0.29) is 12.2 Å². The van der Waals surface area contributed by atoms with E-state index in [1.54, 1.807) is 6.07 Å². The van der Waals surface area contributed by atoms with Gasteiger partial charge in [-0.3, -0.25) is 4.79 Å². The predicted molar refractivity (Wildman–Crippen MR) is 64.6 cm³/mol. The molecule has 4 N–H and O–H groups in total. The Kier molecular flexibility index (Phi) is 3.93. The molecule has 4 nitrogen and oxygen atoms in total. The Labute approximate surface area is 102 Å². The number of nitrogens with two attached hydrogens (primary N) is 1. The number of carboxylic acid groups (broad SMARTS) is 1. The molecule has 1 aromatic rings. The summed E-state index contributed by atoms with van der Waals surface area (Å²) in [6.45, 7) is 3.64. The van der Waals surface area contributed by atoms with E-state index >= 15 is 0 Å². The largest absolute Gasteiger partial charge is 0.507 e. The molecule has 0 spiro atoms. The lowest BCUT2D eigenvalue weighted by Crippen LogP contribution is -2.32. The molecule has 0 amide bonds. The van der Waals surface area contributed by atoms with Gasteiger partial charge in [0.1, 0.15) is 11.8 Å². The van der Waals surface area contributed by atoms with Gasteiger partial charge in [-0.25, -0.2) is 0 Å². The van der Waals surface area contributed by atoms with Crippen molar-refractivity contribution >= 4 is 21.9 Å². The first-order valence-corrected chi connectivity index (χ1v) is 5.59. The topological polar surface area (TPSA) is 83.5 Å². The number of phenols is 1. The number of hydrogen-bond donors (Lipinski definition) is 3. The minimum absolute atomic E-state index is 0.155. The maximum Gasteiger partial charge on any atom is 0.320 e. The molecule has 1 atom stereocenters. The van der Waals surface area contributed by atoms with E-state index in [0.29, 0.717) is 4.47 Å². The molecule has 0 radical (unpaired) electrons. The number of carboxylic acids is 1. The zero-order chi connectivity index (χ0) is 12.5. The van der Waals surface area contributed by atoms with E-state index in [4.69, 9.17) is 10.8 Å². The number of rotatable bonds is 3. The molecule has 0 heterocycles. The number of aliphatic carboxylic acids is 1. The number of aromatic hydroxyl groups is 1. The Hall–Kier alpha value is -1.07. The standard InChI is InChI=1S/C11H14BrNO3/c1-5-3-9(14)10(12)6(2)7(5)4-8(13)11(15)16/h3,8,14H,4,13H2,1-2H3,(H,15,16). The van der Waals surface area contributed by atoms with E-state index < -0.39 is 12.0 Å². The van der Waals surface area contributed by atoms with Gasteiger partial charge < -0.3 is 15.9 Å². The molecule has 0 saturated carbocycles. The molecule has 88 valence electrons. The van der Waals surface area contributed by atoms with Gasteiger partial charge >= 0.3 is 5.97 Å². The molecule has 5 heteroatoms. The van der Waals surface area contributed by atoms with Gasteiger partial charge in [-0.05, 0) is 59.0 Å². The molecular weight excluding hydrogens is 274 g/mol. The van der Waals surface area contributed by atoms with Crippen LogP contribution < -0.4 is 5.73 Å². The monoisotopic (exact) mass is 287 g/mol. The molecule has 0 aromatic heterocycles. The summed E-state index contributed by atoms with van der Waals surface area (Å²) in [6, 6.07) is 0.676. The second kappa shape index (κ2) is 4.84. The van der Waals surface area contributed by atoms with E-state index in [0.717, 1.165) is 16.7 Å². The quantitative estimate of drug-likeness (QED) is 0.791. The van der Waals surface area contributed by atoms with Crippen LogP contribution in [0.25, 0.3) is 0 Å². The normalized spacial score (nSPS) is 12.5. The van der Waals surface area contributed by atoms with Crippen molar-refractivity contribution in [3.63, 3.8) is 0 Å². The third-order valence-electron chi connectivity index (χ3n) is 2.58. The third-order valence-corrected chi connectivity index (χ3v) is 3.58. The van der Waals surface area contributed by atoms with Crippen molar-refractivity contribution in [2.45, 2.75) is 26.3 Å². The fraction of sp³-hybridized carbons (Fsp3) is 0.364. The maximum atomic E-state index is 10.7. The van der Waals surface area contributed by atoms with Crippen molar-refractivity contribution in [2.75, 3.05) is 0 Å². The number of hydrogen-bond acceptors (Lipinski definition) is 3. The fourth-order valence-electron chi connectivity index (χ4n) is 1.60. The number of carbonyl (C=O) groups is 1. The molecule has 0 aliphatic heterocycles. The molecule has 1 rings (SSSR count). The smallest absolute Gasteiger partial charge is 0.320 e. The van der Waals surface area contributed by atoms with E-state index in [1.807, 2.05) is 13.8 Å². The van der Waals surface area contributed by atoms with Gasteiger partial charge in [-0.1, -0.05) is 0 Å². The van der Waals surface area contributed by atoms with E-state index in [2.05, 4.69) is 15.9 Å². The summed E-state index contributed by atoms with van der Waals surface area (Å²) < 4.78 is 0.589. The lowest BCUT2D eigenvalue weighted by Gasteiger charge is -2.15. The molecule has 0 aliphatic rings. The molecular formula is C11H14BrNO3. The zero-order valence-corrected chi connectivity index (χ0v) is 10.7.